The van der Waals surface area contributed by atoms with Gasteiger partial charge in [-0.2, -0.15) is 13.2 Å². The van der Waals surface area contributed by atoms with E-state index in [1.807, 2.05) is 0 Å². The molecule has 0 aliphatic carbocycles. The summed E-state index contributed by atoms with van der Waals surface area (Å²) in [5.41, 5.74) is 0.132. The van der Waals surface area contributed by atoms with Crippen molar-refractivity contribution in [3.05, 3.63) is 51.5 Å². The first kappa shape index (κ1) is 13.8. The van der Waals surface area contributed by atoms with Crippen LogP contribution in [0.25, 0.3) is 11.3 Å². The average Bonchev–Trinajstić information content (AvgIpc) is 2.34. The van der Waals surface area contributed by atoms with Crippen LogP contribution in [0.15, 0.2) is 45.9 Å². The van der Waals surface area contributed by atoms with E-state index in [4.69, 9.17) is 0 Å². The van der Waals surface area contributed by atoms with Gasteiger partial charge in [0.05, 0.1) is 5.69 Å². The molecule has 0 unspecified atom stereocenters. The normalized spacial score (nSPS) is 11.6. The topological polar surface area (TPSA) is 34.9 Å². The van der Waals surface area contributed by atoms with Gasteiger partial charge < -0.3 is 4.57 Å². The first-order valence-electron chi connectivity index (χ1n) is 5.26. The highest BCUT2D eigenvalue weighted by atomic mass is 79.9. The van der Waals surface area contributed by atoms with Gasteiger partial charge in [-0.25, -0.2) is 4.98 Å². The molecule has 0 N–H and O–H groups in total. The van der Waals surface area contributed by atoms with E-state index in [-0.39, 0.29) is 4.60 Å². The number of rotatable bonds is 2. The van der Waals surface area contributed by atoms with Crippen LogP contribution in [0.1, 0.15) is 0 Å². The van der Waals surface area contributed by atoms with Gasteiger partial charge in [0.25, 0.3) is 5.56 Å². The minimum atomic E-state index is -4.46. The third kappa shape index (κ3) is 3.44. The lowest BCUT2D eigenvalue weighted by atomic mass is 10.2. The van der Waals surface area contributed by atoms with Crippen molar-refractivity contribution in [1.29, 1.82) is 0 Å². The van der Waals surface area contributed by atoms with Gasteiger partial charge in [0.2, 0.25) is 0 Å². The Bertz CT molecular complexity index is 638. The van der Waals surface area contributed by atoms with Crippen molar-refractivity contribution in [2.75, 3.05) is 0 Å². The minimum absolute atomic E-state index is 0.141. The van der Waals surface area contributed by atoms with Crippen LogP contribution in [0.4, 0.5) is 13.2 Å². The van der Waals surface area contributed by atoms with Crippen LogP contribution in [-0.2, 0) is 6.54 Å². The van der Waals surface area contributed by atoms with Crippen molar-refractivity contribution in [3.63, 3.8) is 0 Å². The van der Waals surface area contributed by atoms with Crippen molar-refractivity contribution >= 4 is 15.9 Å². The van der Waals surface area contributed by atoms with Crippen molar-refractivity contribution in [3.8, 4) is 11.3 Å². The minimum Gasteiger partial charge on any atom is -0.302 e. The molecule has 0 spiro atoms. The number of hydrogen-bond acceptors (Lipinski definition) is 2. The third-order valence-corrected chi connectivity index (χ3v) is 2.87. The van der Waals surface area contributed by atoms with Crippen molar-refractivity contribution in [1.82, 2.24) is 9.55 Å². The first-order valence-corrected chi connectivity index (χ1v) is 6.05. The molecule has 100 valence electrons. The summed E-state index contributed by atoms with van der Waals surface area (Å²) in [6.07, 6.45) is -3.35. The highest BCUT2D eigenvalue weighted by Gasteiger charge is 2.29. The van der Waals surface area contributed by atoms with Gasteiger partial charge in [0.1, 0.15) is 6.54 Å². The quantitative estimate of drug-likeness (QED) is 0.846. The molecule has 2 rings (SSSR count). The summed E-state index contributed by atoms with van der Waals surface area (Å²) in [7, 11) is 0. The van der Waals surface area contributed by atoms with E-state index in [2.05, 4.69) is 20.9 Å². The maximum absolute atomic E-state index is 12.4. The molecule has 0 bridgehead atoms. The predicted molar refractivity (Wildman–Crippen MR) is 67.7 cm³/mol. The summed E-state index contributed by atoms with van der Waals surface area (Å²) in [5, 5.41) is 0. The molecule has 3 nitrogen and oxygen atoms in total. The second-order valence-electron chi connectivity index (χ2n) is 3.83. The lowest BCUT2D eigenvalue weighted by Crippen LogP contribution is -2.29. The molecule has 1 aromatic carbocycles. The van der Waals surface area contributed by atoms with Gasteiger partial charge in [-0.15, -0.1) is 0 Å². The van der Waals surface area contributed by atoms with E-state index < -0.39 is 18.3 Å². The fourth-order valence-electron chi connectivity index (χ4n) is 1.57. The molecule has 0 fully saturated rings. The van der Waals surface area contributed by atoms with Crippen molar-refractivity contribution in [2.24, 2.45) is 0 Å². The van der Waals surface area contributed by atoms with Crippen LogP contribution in [-0.4, -0.2) is 15.7 Å². The summed E-state index contributed by atoms with van der Waals surface area (Å²) in [4.78, 5) is 15.5. The maximum Gasteiger partial charge on any atom is 0.406 e. The highest BCUT2D eigenvalue weighted by molar-refractivity contribution is 9.10. The second-order valence-corrected chi connectivity index (χ2v) is 4.58. The molecule has 1 aromatic heterocycles. The number of hydrogen-bond donors (Lipinski definition) is 0. The zero-order chi connectivity index (χ0) is 14.0. The van der Waals surface area contributed by atoms with Crippen LogP contribution in [0.5, 0.6) is 0 Å². The summed E-state index contributed by atoms with van der Waals surface area (Å²) < 4.78 is 37.6. The van der Waals surface area contributed by atoms with E-state index >= 15 is 0 Å². The van der Waals surface area contributed by atoms with Gasteiger partial charge in [-0.1, -0.05) is 30.3 Å². The summed E-state index contributed by atoms with van der Waals surface area (Å²) in [6, 6.07) is 8.67. The van der Waals surface area contributed by atoms with E-state index in [0.717, 1.165) is 6.20 Å². The smallest absolute Gasteiger partial charge is 0.302 e. The summed E-state index contributed by atoms with van der Waals surface area (Å²) in [5.74, 6) is 0. The molecule has 0 radical (unpaired) electrons. The van der Waals surface area contributed by atoms with Crippen LogP contribution in [0.2, 0.25) is 0 Å². The largest absolute Gasteiger partial charge is 0.406 e. The monoisotopic (exact) mass is 332 g/mol. The van der Waals surface area contributed by atoms with Crippen molar-refractivity contribution < 1.29 is 13.2 Å². The Labute approximate surface area is 114 Å². The van der Waals surface area contributed by atoms with Crippen LogP contribution in [0, 0.1) is 0 Å². The van der Waals surface area contributed by atoms with Gasteiger partial charge >= 0.3 is 6.18 Å². The van der Waals surface area contributed by atoms with Crippen molar-refractivity contribution in [2.45, 2.75) is 12.7 Å². The van der Waals surface area contributed by atoms with Crippen LogP contribution < -0.4 is 5.56 Å². The van der Waals surface area contributed by atoms with E-state index in [0.29, 0.717) is 15.8 Å². The van der Waals surface area contributed by atoms with Gasteiger partial charge in [0.15, 0.2) is 4.60 Å². The predicted octanol–water partition coefficient (Wildman–Crippen LogP) is 3.24. The van der Waals surface area contributed by atoms with Gasteiger partial charge in [-0.05, 0) is 15.9 Å². The number of nitrogens with zero attached hydrogens (tertiary/aromatic N) is 2. The SMILES string of the molecule is O=c1c(Br)nc(-c2ccccc2)cn1CC(F)(F)F. The Kier molecular flexibility index (Phi) is 3.75. The summed E-state index contributed by atoms with van der Waals surface area (Å²) >= 11 is 2.89. The third-order valence-electron chi connectivity index (χ3n) is 2.35. The molecular weight excluding hydrogens is 325 g/mol. The van der Waals surface area contributed by atoms with Crippen LogP contribution in [0.3, 0.4) is 0 Å². The number of alkyl halides is 3. The fourth-order valence-corrected chi connectivity index (χ4v) is 1.98. The molecule has 19 heavy (non-hydrogen) atoms. The molecule has 0 saturated carbocycles. The molecule has 0 aliphatic heterocycles. The lowest BCUT2D eigenvalue weighted by Gasteiger charge is -2.11. The van der Waals surface area contributed by atoms with E-state index in [1.54, 1.807) is 30.3 Å². The standard InChI is InChI=1S/C12H8BrF3N2O/c13-10-11(19)18(7-12(14,15)16)6-9(17-10)8-4-2-1-3-5-8/h1-6H,7H2. The lowest BCUT2D eigenvalue weighted by molar-refractivity contribution is -0.141. The van der Waals surface area contributed by atoms with Crippen LogP contribution >= 0.6 is 15.9 Å². The molecule has 0 aliphatic rings. The zero-order valence-electron chi connectivity index (χ0n) is 9.49. The fraction of sp³-hybridized carbons (Fsp3) is 0.167. The molecule has 0 saturated heterocycles. The number of aromatic nitrogens is 2. The Morgan fingerprint density at radius 3 is 2.42 bits per heavy atom. The Hall–Kier alpha value is -1.63. The average molecular weight is 333 g/mol. The van der Waals surface area contributed by atoms with Gasteiger partial charge in [0, 0.05) is 11.8 Å². The molecule has 1 heterocycles. The molecule has 7 heteroatoms. The number of halogens is 4. The molecular formula is C12H8BrF3N2O. The Morgan fingerprint density at radius 2 is 1.84 bits per heavy atom. The van der Waals surface area contributed by atoms with E-state index in [9.17, 15) is 18.0 Å². The maximum atomic E-state index is 12.4. The zero-order valence-corrected chi connectivity index (χ0v) is 11.1. The second kappa shape index (κ2) is 5.16. The number of benzene rings is 1. The van der Waals surface area contributed by atoms with E-state index in [1.165, 1.54) is 0 Å². The Balaban J connectivity index is 2.52. The first-order chi connectivity index (χ1) is 8.87. The Morgan fingerprint density at radius 1 is 1.21 bits per heavy atom. The highest BCUT2D eigenvalue weighted by Crippen LogP contribution is 2.20. The molecule has 0 amide bonds. The summed E-state index contributed by atoms with van der Waals surface area (Å²) in [6.45, 7) is -1.34. The molecule has 0 atom stereocenters. The van der Waals surface area contributed by atoms with Gasteiger partial charge in [-0.3, -0.25) is 4.79 Å². The molecule has 2 aromatic rings.